The summed E-state index contributed by atoms with van der Waals surface area (Å²) in [6.07, 6.45) is 2.62. The van der Waals surface area contributed by atoms with Gasteiger partial charge >= 0.3 is 0 Å². The summed E-state index contributed by atoms with van der Waals surface area (Å²) in [5, 5.41) is 0. The lowest BCUT2D eigenvalue weighted by Gasteiger charge is -2.09. The minimum absolute atomic E-state index is 0.241. The molecule has 0 aromatic carbocycles. The van der Waals surface area contributed by atoms with Crippen molar-refractivity contribution in [1.82, 2.24) is 4.98 Å². The van der Waals surface area contributed by atoms with Crippen molar-refractivity contribution in [2.75, 3.05) is 0 Å². The van der Waals surface area contributed by atoms with E-state index in [-0.39, 0.29) is 5.78 Å². The lowest BCUT2D eigenvalue weighted by molar-refractivity contribution is 0.0972. The average Bonchev–Trinajstić information content (AvgIpc) is 2.29. The van der Waals surface area contributed by atoms with Crippen molar-refractivity contribution in [1.29, 1.82) is 0 Å². The summed E-state index contributed by atoms with van der Waals surface area (Å²) in [5.74, 6) is 0.241. The molecule has 1 heterocycles. The number of carbonyl (C=O) groups is 1. The molecule has 1 N–H and O–H groups in total. The van der Waals surface area contributed by atoms with Gasteiger partial charge in [-0.25, -0.2) is 0 Å². The monoisotopic (exact) mass is 291 g/mol. The fourth-order valence-electron chi connectivity index (χ4n) is 1.52. The van der Waals surface area contributed by atoms with Gasteiger partial charge in [-0.2, -0.15) is 0 Å². The highest BCUT2D eigenvalue weighted by Crippen LogP contribution is 2.33. The molecule has 12 heavy (non-hydrogen) atoms. The Kier molecular flexibility index (Phi) is 2.12. The third-order valence-electron chi connectivity index (χ3n) is 2.08. The normalized spacial score (nSPS) is 16.3. The lowest BCUT2D eigenvalue weighted by atomic mass is 9.97. The Morgan fingerprint density at radius 1 is 1.25 bits per heavy atom. The molecular formula is C8H7Br2NO. The first-order valence-electron chi connectivity index (χ1n) is 3.79. The molecule has 1 aromatic heterocycles. The van der Waals surface area contributed by atoms with Gasteiger partial charge in [-0.3, -0.25) is 4.79 Å². The Balaban J connectivity index is 2.61. The van der Waals surface area contributed by atoms with Gasteiger partial charge in [0.05, 0.1) is 14.6 Å². The van der Waals surface area contributed by atoms with Crippen LogP contribution in [0.1, 0.15) is 28.9 Å². The summed E-state index contributed by atoms with van der Waals surface area (Å²) in [5.41, 5.74) is 1.90. The van der Waals surface area contributed by atoms with E-state index < -0.39 is 0 Å². The third-order valence-corrected chi connectivity index (χ3v) is 4.00. The van der Waals surface area contributed by atoms with Crippen molar-refractivity contribution < 1.29 is 4.79 Å². The summed E-state index contributed by atoms with van der Waals surface area (Å²) >= 11 is 6.73. The third kappa shape index (κ3) is 1.17. The number of aryl methyl sites for hydroxylation is 1. The summed E-state index contributed by atoms with van der Waals surface area (Å²) in [6.45, 7) is 0. The van der Waals surface area contributed by atoms with E-state index in [4.69, 9.17) is 0 Å². The molecule has 1 aliphatic rings. The molecule has 0 aliphatic heterocycles. The maximum absolute atomic E-state index is 11.4. The van der Waals surface area contributed by atoms with Crippen LogP contribution in [0.3, 0.4) is 0 Å². The van der Waals surface area contributed by atoms with Gasteiger partial charge in [-0.15, -0.1) is 0 Å². The first-order valence-corrected chi connectivity index (χ1v) is 5.38. The maximum Gasteiger partial charge on any atom is 0.165 e. The van der Waals surface area contributed by atoms with Crippen LogP contribution in [0.15, 0.2) is 9.08 Å². The molecule has 0 saturated heterocycles. The number of aromatic amines is 1. The standard InChI is InChI=1S/C8H7Br2NO/c9-7-6-4(11-8(7)10)2-1-3-5(6)12/h11H,1-3H2. The van der Waals surface area contributed by atoms with Gasteiger partial charge in [0, 0.05) is 12.1 Å². The molecule has 0 atom stereocenters. The molecule has 4 heteroatoms. The van der Waals surface area contributed by atoms with Crippen LogP contribution >= 0.6 is 31.9 Å². The van der Waals surface area contributed by atoms with Crippen molar-refractivity contribution in [3.05, 3.63) is 20.3 Å². The van der Waals surface area contributed by atoms with E-state index in [0.29, 0.717) is 6.42 Å². The number of nitrogens with one attached hydrogen (secondary N) is 1. The Morgan fingerprint density at radius 3 is 2.67 bits per heavy atom. The zero-order valence-electron chi connectivity index (χ0n) is 6.29. The number of fused-ring (bicyclic) bond motifs is 1. The van der Waals surface area contributed by atoms with Crippen molar-refractivity contribution >= 4 is 37.6 Å². The molecule has 0 radical (unpaired) electrons. The molecule has 2 rings (SSSR count). The van der Waals surface area contributed by atoms with Crippen LogP contribution in [-0.2, 0) is 6.42 Å². The van der Waals surface area contributed by atoms with Crippen LogP contribution in [-0.4, -0.2) is 10.8 Å². The van der Waals surface area contributed by atoms with Crippen molar-refractivity contribution in [2.24, 2.45) is 0 Å². The first kappa shape index (κ1) is 8.51. The lowest BCUT2D eigenvalue weighted by Crippen LogP contribution is -2.09. The number of rotatable bonds is 0. The Labute approximate surface area is 87.0 Å². The minimum atomic E-state index is 0.241. The average molecular weight is 293 g/mol. The molecule has 64 valence electrons. The molecule has 2 nitrogen and oxygen atoms in total. The van der Waals surface area contributed by atoms with Crippen LogP contribution < -0.4 is 0 Å². The number of hydrogen-bond acceptors (Lipinski definition) is 1. The van der Waals surface area contributed by atoms with Crippen molar-refractivity contribution in [3.8, 4) is 0 Å². The number of halogens is 2. The number of carbonyl (C=O) groups excluding carboxylic acids is 1. The SMILES string of the molecule is O=C1CCCc2[nH]c(Br)c(Br)c21. The first-order chi connectivity index (χ1) is 5.70. The van der Waals surface area contributed by atoms with Crippen LogP contribution in [0.2, 0.25) is 0 Å². The summed E-state index contributed by atoms with van der Waals surface area (Å²) in [6, 6.07) is 0. The van der Waals surface area contributed by atoms with Crippen LogP contribution in [0, 0.1) is 0 Å². The van der Waals surface area contributed by atoms with E-state index in [1.54, 1.807) is 0 Å². The fourth-order valence-corrected chi connectivity index (χ4v) is 2.52. The van der Waals surface area contributed by atoms with Crippen molar-refractivity contribution in [2.45, 2.75) is 19.3 Å². The fraction of sp³-hybridized carbons (Fsp3) is 0.375. The highest BCUT2D eigenvalue weighted by Gasteiger charge is 2.23. The predicted octanol–water partition coefficient (Wildman–Crippen LogP) is 3.06. The molecule has 0 fully saturated rings. The predicted molar refractivity (Wildman–Crippen MR) is 53.5 cm³/mol. The zero-order valence-corrected chi connectivity index (χ0v) is 9.46. The Hall–Kier alpha value is -0.0900. The molecule has 0 amide bonds. The van der Waals surface area contributed by atoms with Gasteiger partial charge in [0.2, 0.25) is 0 Å². The largest absolute Gasteiger partial charge is 0.352 e. The van der Waals surface area contributed by atoms with Crippen LogP contribution in [0.4, 0.5) is 0 Å². The van der Waals surface area contributed by atoms with Gasteiger partial charge < -0.3 is 4.98 Å². The summed E-state index contributed by atoms with van der Waals surface area (Å²) in [7, 11) is 0. The number of hydrogen-bond donors (Lipinski definition) is 1. The van der Waals surface area contributed by atoms with Crippen molar-refractivity contribution in [3.63, 3.8) is 0 Å². The summed E-state index contributed by atoms with van der Waals surface area (Å²) < 4.78 is 1.75. The molecule has 1 aromatic rings. The molecule has 0 unspecified atom stereocenters. The summed E-state index contributed by atoms with van der Waals surface area (Å²) in [4.78, 5) is 14.6. The van der Waals surface area contributed by atoms with E-state index >= 15 is 0 Å². The highest BCUT2D eigenvalue weighted by molar-refractivity contribution is 9.13. The Bertz CT molecular complexity index is 343. The highest BCUT2D eigenvalue weighted by atomic mass is 79.9. The second-order valence-corrected chi connectivity index (χ2v) is 4.47. The van der Waals surface area contributed by atoms with E-state index in [1.165, 1.54) is 0 Å². The smallest absolute Gasteiger partial charge is 0.165 e. The van der Waals surface area contributed by atoms with E-state index in [0.717, 1.165) is 33.2 Å². The number of ketones is 1. The van der Waals surface area contributed by atoms with E-state index in [2.05, 4.69) is 36.8 Å². The molecule has 0 saturated carbocycles. The molecule has 0 spiro atoms. The van der Waals surface area contributed by atoms with Gasteiger partial charge in [-0.05, 0) is 44.7 Å². The molecular weight excluding hydrogens is 286 g/mol. The quantitative estimate of drug-likeness (QED) is 0.783. The van der Waals surface area contributed by atoms with E-state index in [9.17, 15) is 4.79 Å². The van der Waals surface area contributed by atoms with Gasteiger partial charge in [0.1, 0.15) is 0 Å². The maximum atomic E-state index is 11.4. The topological polar surface area (TPSA) is 32.9 Å². The van der Waals surface area contributed by atoms with Crippen LogP contribution in [0.5, 0.6) is 0 Å². The van der Waals surface area contributed by atoms with E-state index in [1.807, 2.05) is 0 Å². The molecule has 0 bridgehead atoms. The number of H-pyrrole nitrogens is 1. The Morgan fingerprint density at radius 2 is 2.00 bits per heavy atom. The van der Waals surface area contributed by atoms with Gasteiger partial charge in [-0.1, -0.05) is 0 Å². The zero-order chi connectivity index (χ0) is 8.72. The second-order valence-electron chi connectivity index (χ2n) is 2.88. The van der Waals surface area contributed by atoms with Gasteiger partial charge in [0.15, 0.2) is 5.78 Å². The minimum Gasteiger partial charge on any atom is -0.352 e. The molecule has 1 aliphatic carbocycles. The number of aromatic nitrogens is 1. The number of Topliss-reactive ketones (excluding diaryl/α,β-unsaturated/α-hetero) is 1. The van der Waals surface area contributed by atoms with Crippen LogP contribution in [0.25, 0.3) is 0 Å². The van der Waals surface area contributed by atoms with Gasteiger partial charge in [0.25, 0.3) is 0 Å². The second kappa shape index (κ2) is 3.00.